The molecule has 1 rings (SSSR count). The van der Waals surface area contributed by atoms with Crippen LogP contribution in [0.25, 0.3) is 0 Å². The maximum Gasteiger partial charge on any atom is 0.105 e. The normalized spacial score (nSPS) is 27.1. The van der Waals surface area contributed by atoms with E-state index in [1.54, 1.807) is 0 Å². The summed E-state index contributed by atoms with van der Waals surface area (Å²) in [6.45, 7) is 2.03. The highest BCUT2D eigenvalue weighted by Crippen LogP contribution is 2.06. The number of aliphatic hydroxyl groups is 1. The standard InChI is InChI=1S/C6H13N3O/c7-6(8)4-9-2-1-5(10)3-9/h5,10H,1-4H2,(H3,7,8). The number of rotatable bonds is 2. The molecule has 1 aliphatic heterocycles. The molecular formula is C6H13N3O. The van der Waals surface area contributed by atoms with Crippen molar-refractivity contribution in [1.82, 2.24) is 4.90 Å². The minimum absolute atomic E-state index is 0.175. The smallest absolute Gasteiger partial charge is 0.105 e. The highest BCUT2D eigenvalue weighted by Gasteiger charge is 2.19. The third-order valence-electron chi connectivity index (χ3n) is 1.64. The second-order valence-electron chi connectivity index (χ2n) is 2.70. The molecular weight excluding hydrogens is 130 g/mol. The van der Waals surface area contributed by atoms with Gasteiger partial charge in [-0.1, -0.05) is 0 Å². The van der Waals surface area contributed by atoms with E-state index in [-0.39, 0.29) is 11.9 Å². The van der Waals surface area contributed by atoms with Gasteiger partial charge in [-0.05, 0) is 6.42 Å². The summed E-state index contributed by atoms with van der Waals surface area (Å²) >= 11 is 0. The van der Waals surface area contributed by atoms with Crippen molar-refractivity contribution < 1.29 is 5.11 Å². The van der Waals surface area contributed by atoms with Gasteiger partial charge in [0.2, 0.25) is 0 Å². The van der Waals surface area contributed by atoms with Crippen LogP contribution in [0.3, 0.4) is 0 Å². The zero-order valence-corrected chi connectivity index (χ0v) is 5.88. The van der Waals surface area contributed by atoms with E-state index in [9.17, 15) is 0 Å². The summed E-state index contributed by atoms with van der Waals surface area (Å²) in [7, 11) is 0. The molecule has 0 amide bonds. The summed E-state index contributed by atoms with van der Waals surface area (Å²) in [6.07, 6.45) is 0.604. The minimum atomic E-state index is -0.209. The summed E-state index contributed by atoms with van der Waals surface area (Å²) in [5, 5.41) is 16.0. The molecule has 1 heterocycles. The molecule has 4 N–H and O–H groups in total. The van der Waals surface area contributed by atoms with Crippen LogP contribution in [-0.2, 0) is 0 Å². The van der Waals surface area contributed by atoms with E-state index in [0.717, 1.165) is 13.0 Å². The van der Waals surface area contributed by atoms with Crippen molar-refractivity contribution >= 4 is 5.84 Å². The van der Waals surface area contributed by atoms with Gasteiger partial charge in [-0.3, -0.25) is 10.3 Å². The fourth-order valence-corrected chi connectivity index (χ4v) is 1.20. The first-order valence-corrected chi connectivity index (χ1v) is 3.42. The molecule has 1 unspecified atom stereocenters. The largest absolute Gasteiger partial charge is 0.392 e. The van der Waals surface area contributed by atoms with Gasteiger partial charge < -0.3 is 10.8 Å². The van der Waals surface area contributed by atoms with Crippen molar-refractivity contribution in [3.8, 4) is 0 Å². The minimum Gasteiger partial charge on any atom is -0.392 e. The number of amidine groups is 1. The number of hydrogen-bond acceptors (Lipinski definition) is 3. The Labute approximate surface area is 60.1 Å². The van der Waals surface area contributed by atoms with Crippen LogP contribution in [0.5, 0.6) is 0 Å². The number of nitrogens with two attached hydrogens (primary N) is 1. The highest BCUT2D eigenvalue weighted by molar-refractivity contribution is 5.78. The third-order valence-corrected chi connectivity index (χ3v) is 1.64. The van der Waals surface area contributed by atoms with Gasteiger partial charge in [0.25, 0.3) is 0 Å². The molecule has 0 bridgehead atoms. The lowest BCUT2D eigenvalue weighted by molar-refractivity contribution is 0.180. The first kappa shape index (κ1) is 7.50. The molecule has 1 fully saturated rings. The van der Waals surface area contributed by atoms with Gasteiger partial charge in [0.15, 0.2) is 0 Å². The fourth-order valence-electron chi connectivity index (χ4n) is 1.20. The topological polar surface area (TPSA) is 73.3 Å². The maximum absolute atomic E-state index is 9.06. The monoisotopic (exact) mass is 143 g/mol. The molecule has 0 aromatic heterocycles. The third kappa shape index (κ3) is 1.97. The van der Waals surface area contributed by atoms with Crippen molar-refractivity contribution in [1.29, 1.82) is 5.41 Å². The maximum atomic E-state index is 9.06. The van der Waals surface area contributed by atoms with Gasteiger partial charge in [0, 0.05) is 13.1 Å². The number of nitrogens with one attached hydrogen (secondary N) is 1. The predicted molar refractivity (Wildman–Crippen MR) is 39.0 cm³/mol. The molecule has 0 radical (unpaired) electrons. The molecule has 4 nitrogen and oxygen atoms in total. The molecule has 1 atom stereocenters. The molecule has 0 aromatic rings. The van der Waals surface area contributed by atoms with Crippen LogP contribution in [0.15, 0.2) is 0 Å². The van der Waals surface area contributed by atoms with E-state index >= 15 is 0 Å². The number of aliphatic hydroxyl groups excluding tert-OH is 1. The Bertz CT molecular complexity index is 137. The Morgan fingerprint density at radius 2 is 2.50 bits per heavy atom. The van der Waals surface area contributed by atoms with Crippen LogP contribution in [-0.4, -0.2) is 41.6 Å². The van der Waals surface area contributed by atoms with Gasteiger partial charge in [-0.25, -0.2) is 0 Å². The van der Waals surface area contributed by atoms with E-state index in [0.29, 0.717) is 13.1 Å². The molecule has 0 aliphatic carbocycles. The van der Waals surface area contributed by atoms with E-state index in [2.05, 4.69) is 0 Å². The Morgan fingerprint density at radius 1 is 1.80 bits per heavy atom. The van der Waals surface area contributed by atoms with E-state index < -0.39 is 0 Å². The summed E-state index contributed by atoms with van der Waals surface area (Å²) in [4.78, 5) is 1.98. The fraction of sp³-hybridized carbons (Fsp3) is 0.833. The highest BCUT2D eigenvalue weighted by atomic mass is 16.3. The Kier molecular flexibility index (Phi) is 2.24. The lowest BCUT2D eigenvalue weighted by atomic mass is 10.3. The Balaban J connectivity index is 2.24. The number of likely N-dealkylation sites (tertiary alicyclic amines) is 1. The zero-order valence-electron chi connectivity index (χ0n) is 5.88. The summed E-state index contributed by atoms with van der Waals surface area (Å²) < 4.78 is 0. The molecule has 1 aliphatic rings. The first-order chi connectivity index (χ1) is 4.68. The van der Waals surface area contributed by atoms with Gasteiger partial charge >= 0.3 is 0 Å². The van der Waals surface area contributed by atoms with Crippen molar-refractivity contribution in [2.75, 3.05) is 19.6 Å². The van der Waals surface area contributed by atoms with Crippen LogP contribution in [0, 0.1) is 5.41 Å². The zero-order chi connectivity index (χ0) is 7.56. The van der Waals surface area contributed by atoms with Crippen LogP contribution < -0.4 is 5.73 Å². The van der Waals surface area contributed by atoms with E-state index in [1.165, 1.54) is 0 Å². The van der Waals surface area contributed by atoms with E-state index in [1.807, 2.05) is 4.90 Å². The predicted octanol–water partition coefficient (Wildman–Crippen LogP) is -1.01. The molecule has 4 heteroatoms. The quantitative estimate of drug-likeness (QED) is 0.342. The number of hydrogen-bond donors (Lipinski definition) is 3. The molecule has 0 spiro atoms. The van der Waals surface area contributed by atoms with Gasteiger partial charge in [0.05, 0.1) is 12.6 Å². The Morgan fingerprint density at radius 3 is 2.90 bits per heavy atom. The summed E-state index contributed by atoms with van der Waals surface area (Å²) in [5.41, 5.74) is 5.18. The SMILES string of the molecule is N=C(N)CN1CCC(O)C1. The number of nitrogens with zero attached hydrogens (tertiary/aromatic N) is 1. The van der Waals surface area contributed by atoms with E-state index in [4.69, 9.17) is 16.2 Å². The average molecular weight is 143 g/mol. The molecule has 10 heavy (non-hydrogen) atoms. The van der Waals surface area contributed by atoms with Crippen molar-refractivity contribution in [2.24, 2.45) is 5.73 Å². The Hall–Kier alpha value is -0.610. The van der Waals surface area contributed by atoms with Crippen LogP contribution >= 0.6 is 0 Å². The van der Waals surface area contributed by atoms with Gasteiger partial charge in [0.1, 0.15) is 5.84 Å². The average Bonchev–Trinajstić information content (AvgIpc) is 2.13. The van der Waals surface area contributed by atoms with Gasteiger partial charge in [-0.15, -0.1) is 0 Å². The number of β-amino-alcohol motifs (C(OH)–C–C–N with tert-alkyl or cyclic N) is 1. The van der Waals surface area contributed by atoms with Crippen LogP contribution in [0.4, 0.5) is 0 Å². The van der Waals surface area contributed by atoms with Crippen molar-refractivity contribution in [3.63, 3.8) is 0 Å². The van der Waals surface area contributed by atoms with Crippen molar-refractivity contribution in [3.05, 3.63) is 0 Å². The molecule has 0 saturated carbocycles. The molecule has 0 aromatic carbocycles. The first-order valence-electron chi connectivity index (χ1n) is 3.42. The van der Waals surface area contributed by atoms with Gasteiger partial charge in [-0.2, -0.15) is 0 Å². The lowest BCUT2D eigenvalue weighted by Crippen LogP contribution is -2.32. The molecule has 58 valence electrons. The lowest BCUT2D eigenvalue weighted by Gasteiger charge is -2.12. The molecule has 1 saturated heterocycles. The van der Waals surface area contributed by atoms with Crippen molar-refractivity contribution in [2.45, 2.75) is 12.5 Å². The van der Waals surface area contributed by atoms with Crippen LogP contribution in [0.2, 0.25) is 0 Å². The second kappa shape index (κ2) is 2.98. The second-order valence-corrected chi connectivity index (χ2v) is 2.70. The summed E-state index contributed by atoms with van der Waals surface area (Å²) in [6, 6.07) is 0. The summed E-state index contributed by atoms with van der Waals surface area (Å²) in [5.74, 6) is 0.175. The van der Waals surface area contributed by atoms with Crippen LogP contribution in [0.1, 0.15) is 6.42 Å².